The van der Waals surface area contributed by atoms with Gasteiger partial charge in [0.15, 0.2) is 0 Å². The lowest BCUT2D eigenvalue weighted by atomic mass is 10.3. The number of hydrogen-bond acceptors (Lipinski definition) is 6. The van der Waals surface area contributed by atoms with Crippen LogP contribution in [0.4, 0.5) is 14.5 Å². The number of carbonyl (C=O) groups excluding carboxylic acids is 1. The van der Waals surface area contributed by atoms with Crippen LogP contribution in [0.2, 0.25) is 0 Å². The first kappa shape index (κ1) is 17.2. The van der Waals surface area contributed by atoms with Crippen LogP contribution in [-0.4, -0.2) is 21.4 Å². The lowest BCUT2D eigenvalue weighted by molar-refractivity contribution is -0.115. The molecular weight excluding hydrogens is 352 g/mol. The summed E-state index contributed by atoms with van der Waals surface area (Å²) in [5, 5.41) is 9.43. The van der Waals surface area contributed by atoms with Crippen molar-refractivity contribution < 1.29 is 22.4 Å². The van der Waals surface area contributed by atoms with Gasteiger partial charge in [-0.2, -0.15) is 0 Å². The number of benzene rings is 1. The molecule has 1 atom stereocenters. The molecule has 1 unspecified atom stereocenters. The quantitative estimate of drug-likeness (QED) is 0.688. The van der Waals surface area contributed by atoms with E-state index in [1.165, 1.54) is 12.3 Å². The molecule has 0 spiro atoms. The van der Waals surface area contributed by atoms with Crippen molar-refractivity contribution in [1.29, 1.82) is 0 Å². The zero-order valence-electron chi connectivity index (χ0n) is 13.2. The van der Waals surface area contributed by atoms with Gasteiger partial charge in [-0.15, -0.1) is 10.2 Å². The van der Waals surface area contributed by atoms with E-state index in [-0.39, 0.29) is 11.1 Å². The highest BCUT2D eigenvalue weighted by molar-refractivity contribution is 8.00. The first-order valence-corrected chi connectivity index (χ1v) is 8.13. The molecule has 0 bridgehead atoms. The minimum Gasteiger partial charge on any atom is -0.469 e. The molecule has 2 aromatic heterocycles. The van der Waals surface area contributed by atoms with Gasteiger partial charge in [-0.05, 0) is 32.0 Å². The summed E-state index contributed by atoms with van der Waals surface area (Å²) >= 11 is 0.979. The third kappa shape index (κ3) is 3.71. The SMILES string of the molecule is Cc1occc1-c1nnc(SC(C)C(=O)Nc2c(F)cccc2F)o1. The molecule has 0 fully saturated rings. The number of carbonyl (C=O) groups is 1. The Morgan fingerprint density at radius 3 is 2.60 bits per heavy atom. The topological polar surface area (TPSA) is 81.2 Å². The monoisotopic (exact) mass is 365 g/mol. The summed E-state index contributed by atoms with van der Waals surface area (Å²) in [7, 11) is 0. The van der Waals surface area contributed by atoms with Crippen LogP contribution >= 0.6 is 11.8 Å². The van der Waals surface area contributed by atoms with E-state index < -0.39 is 28.5 Å². The molecule has 130 valence electrons. The molecule has 1 N–H and O–H groups in total. The van der Waals surface area contributed by atoms with Crippen LogP contribution in [0.15, 0.2) is 44.6 Å². The lowest BCUT2D eigenvalue weighted by Gasteiger charge is -2.11. The Balaban J connectivity index is 1.68. The van der Waals surface area contributed by atoms with Crippen molar-refractivity contribution >= 4 is 23.4 Å². The first-order chi connectivity index (χ1) is 12.0. The second kappa shape index (κ2) is 7.06. The van der Waals surface area contributed by atoms with Gasteiger partial charge in [-0.3, -0.25) is 4.79 Å². The van der Waals surface area contributed by atoms with E-state index in [0.717, 1.165) is 23.9 Å². The largest absolute Gasteiger partial charge is 0.469 e. The number of thioether (sulfide) groups is 1. The molecule has 2 heterocycles. The predicted molar refractivity (Wildman–Crippen MR) is 87.0 cm³/mol. The number of furan rings is 1. The molecule has 0 aliphatic heterocycles. The molecule has 0 saturated heterocycles. The fourth-order valence-corrected chi connectivity index (χ4v) is 2.70. The standard InChI is InChI=1S/C16H13F2N3O3S/c1-8-10(6-7-23-8)15-20-21-16(24-15)25-9(2)14(22)19-13-11(17)4-3-5-12(13)18/h3-7,9H,1-2H3,(H,19,22). The Morgan fingerprint density at radius 2 is 1.96 bits per heavy atom. The van der Waals surface area contributed by atoms with E-state index >= 15 is 0 Å². The van der Waals surface area contributed by atoms with E-state index in [0.29, 0.717) is 11.3 Å². The Kier molecular flexibility index (Phi) is 4.84. The number of aromatic nitrogens is 2. The van der Waals surface area contributed by atoms with Crippen molar-refractivity contribution in [1.82, 2.24) is 10.2 Å². The van der Waals surface area contributed by atoms with E-state index in [2.05, 4.69) is 15.5 Å². The highest BCUT2D eigenvalue weighted by atomic mass is 32.2. The average molecular weight is 365 g/mol. The highest BCUT2D eigenvalue weighted by Crippen LogP contribution is 2.29. The van der Waals surface area contributed by atoms with Crippen LogP contribution in [0.3, 0.4) is 0 Å². The number of anilines is 1. The van der Waals surface area contributed by atoms with Gasteiger partial charge in [0.1, 0.15) is 23.1 Å². The van der Waals surface area contributed by atoms with Crippen LogP contribution in [0.25, 0.3) is 11.5 Å². The lowest BCUT2D eigenvalue weighted by Crippen LogP contribution is -2.23. The van der Waals surface area contributed by atoms with E-state index in [1.807, 2.05) is 0 Å². The second-order valence-corrected chi connectivity index (χ2v) is 6.40. The molecular formula is C16H13F2N3O3S. The zero-order valence-corrected chi connectivity index (χ0v) is 14.1. The molecule has 25 heavy (non-hydrogen) atoms. The van der Waals surface area contributed by atoms with Gasteiger partial charge >= 0.3 is 0 Å². The van der Waals surface area contributed by atoms with Crippen molar-refractivity contribution in [2.75, 3.05) is 5.32 Å². The average Bonchev–Trinajstić information content (AvgIpc) is 3.19. The van der Waals surface area contributed by atoms with Gasteiger partial charge in [0.2, 0.25) is 5.91 Å². The van der Waals surface area contributed by atoms with Gasteiger partial charge in [0.25, 0.3) is 11.1 Å². The number of hydrogen-bond donors (Lipinski definition) is 1. The predicted octanol–water partition coefficient (Wildman–Crippen LogP) is 4.04. The van der Waals surface area contributed by atoms with Gasteiger partial charge < -0.3 is 14.2 Å². The first-order valence-electron chi connectivity index (χ1n) is 7.25. The molecule has 0 aliphatic rings. The van der Waals surface area contributed by atoms with Crippen molar-refractivity contribution in [2.24, 2.45) is 0 Å². The molecule has 0 radical (unpaired) electrons. The zero-order chi connectivity index (χ0) is 18.0. The summed E-state index contributed by atoms with van der Waals surface area (Å²) < 4.78 is 37.8. The minimum absolute atomic E-state index is 0.159. The van der Waals surface area contributed by atoms with E-state index in [4.69, 9.17) is 8.83 Å². The summed E-state index contributed by atoms with van der Waals surface area (Å²) in [6.45, 7) is 3.32. The number of halogens is 2. The van der Waals surface area contributed by atoms with Gasteiger partial charge in [-0.25, -0.2) is 8.78 Å². The summed E-state index contributed by atoms with van der Waals surface area (Å²) in [4.78, 5) is 12.1. The number of rotatable bonds is 5. The van der Waals surface area contributed by atoms with Crippen molar-refractivity contribution in [3.8, 4) is 11.5 Å². The third-order valence-electron chi connectivity index (χ3n) is 3.35. The van der Waals surface area contributed by atoms with Crippen LogP contribution < -0.4 is 5.32 Å². The maximum atomic E-state index is 13.6. The maximum Gasteiger partial charge on any atom is 0.277 e. The van der Waals surface area contributed by atoms with Crippen molar-refractivity contribution in [2.45, 2.75) is 24.3 Å². The molecule has 1 amide bonds. The molecule has 3 aromatic rings. The smallest absolute Gasteiger partial charge is 0.277 e. The summed E-state index contributed by atoms with van der Waals surface area (Å²) in [5.74, 6) is -1.39. The summed E-state index contributed by atoms with van der Waals surface area (Å²) in [6.07, 6.45) is 1.50. The number of amides is 1. The van der Waals surface area contributed by atoms with Crippen molar-refractivity contribution in [3.63, 3.8) is 0 Å². The molecule has 0 saturated carbocycles. The Labute approximate surface area is 145 Å². The van der Waals surface area contributed by atoms with Crippen LogP contribution in [-0.2, 0) is 4.79 Å². The number of nitrogens with zero attached hydrogens (tertiary/aromatic N) is 2. The normalized spacial score (nSPS) is 12.2. The molecule has 6 nitrogen and oxygen atoms in total. The van der Waals surface area contributed by atoms with Crippen LogP contribution in [0, 0.1) is 18.6 Å². The number of nitrogens with one attached hydrogen (secondary N) is 1. The Morgan fingerprint density at radius 1 is 1.24 bits per heavy atom. The van der Waals surface area contributed by atoms with Gasteiger partial charge in [-0.1, -0.05) is 17.8 Å². The van der Waals surface area contributed by atoms with Gasteiger partial charge in [0.05, 0.1) is 17.1 Å². The molecule has 0 aliphatic carbocycles. The Bertz CT molecular complexity index is 889. The third-order valence-corrected chi connectivity index (χ3v) is 4.29. The van der Waals surface area contributed by atoms with Crippen LogP contribution in [0.5, 0.6) is 0 Å². The number of para-hydroxylation sites is 1. The van der Waals surface area contributed by atoms with Crippen molar-refractivity contribution in [3.05, 3.63) is 47.9 Å². The molecule has 9 heteroatoms. The molecule has 3 rings (SSSR count). The fraction of sp³-hybridized carbons (Fsp3) is 0.188. The van der Waals surface area contributed by atoms with E-state index in [1.54, 1.807) is 19.9 Å². The van der Waals surface area contributed by atoms with Crippen LogP contribution in [0.1, 0.15) is 12.7 Å². The fourth-order valence-electron chi connectivity index (χ4n) is 2.02. The minimum atomic E-state index is -0.846. The highest BCUT2D eigenvalue weighted by Gasteiger charge is 2.21. The summed E-state index contributed by atoms with van der Waals surface area (Å²) in [6, 6.07) is 5.03. The second-order valence-electron chi connectivity index (χ2n) is 5.11. The van der Waals surface area contributed by atoms with E-state index in [9.17, 15) is 13.6 Å². The molecule has 1 aromatic carbocycles. The van der Waals surface area contributed by atoms with Gasteiger partial charge in [0, 0.05) is 0 Å². The Hall–Kier alpha value is -2.68. The summed E-state index contributed by atoms with van der Waals surface area (Å²) in [5.41, 5.74) is 0.171. The maximum absolute atomic E-state index is 13.6. The number of aryl methyl sites for hydroxylation is 1.